The Morgan fingerprint density at radius 1 is 0.769 bits per heavy atom. The highest BCUT2D eigenvalue weighted by molar-refractivity contribution is 6.01. The monoisotopic (exact) mass is 354 g/mol. The van der Waals surface area contributed by atoms with E-state index in [9.17, 15) is 15.0 Å². The summed E-state index contributed by atoms with van der Waals surface area (Å²) in [6.07, 6.45) is 0. The molecular formula is C21H22O5. The van der Waals surface area contributed by atoms with E-state index in [-0.39, 0.29) is 17.3 Å². The number of benzene rings is 2. The number of ether oxygens (including phenoxy) is 2. The van der Waals surface area contributed by atoms with Gasteiger partial charge in [-0.15, -0.1) is 0 Å². The molecule has 0 radical (unpaired) electrons. The highest BCUT2D eigenvalue weighted by Gasteiger charge is 2.80. The topological polar surface area (TPSA) is 82.6 Å². The van der Waals surface area contributed by atoms with E-state index >= 15 is 0 Å². The van der Waals surface area contributed by atoms with Gasteiger partial charge in [0, 0.05) is 0 Å². The Morgan fingerprint density at radius 3 is 1.85 bits per heavy atom. The lowest BCUT2D eigenvalue weighted by atomic mass is 9.77. The Labute approximate surface area is 152 Å². The van der Waals surface area contributed by atoms with E-state index in [0.717, 1.165) is 11.1 Å². The van der Waals surface area contributed by atoms with Crippen molar-refractivity contribution in [3.05, 3.63) is 59.7 Å². The lowest BCUT2D eigenvalue weighted by Gasteiger charge is -2.17. The number of carbonyl (C=O) groups is 1. The van der Waals surface area contributed by atoms with Gasteiger partial charge in [-0.2, -0.15) is 0 Å². The molecule has 136 valence electrons. The predicted molar refractivity (Wildman–Crippen MR) is 94.9 cm³/mol. The summed E-state index contributed by atoms with van der Waals surface area (Å²) in [6, 6.07) is 13.5. The first kappa shape index (κ1) is 17.1. The van der Waals surface area contributed by atoms with Crippen molar-refractivity contribution in [2.75, 3.05) is 0 Å². The molecular weight excluding hydrogens is 332 g/mol. The van der Waals surface area contributed by atoms with Gasteiger partial charge < -0.3 is 19.7 Å². The molecule has 26 heavy (non-hydrogen) atoms. The first-order valence-corrected chi connectivity index (χ1v) is 8.61. The summed E-state index contributed by atoms with van der Waals surface area (Å²) < 4.78 is 11.9. The van der Waals surface area contributed by atoms with Crippen molar-refractivity contribution in [3.63, 3.8) is 0 Å². The van der Waals surface area contributed by atoms with Crippen LogP contribution in [-0.4, -0.2) is 27.2 Å². The van der Waals surface area contributed by atoms with E-state index < -0.39 is 22.4 Å². The molecule has 0 bridgehead atoms. The van der Waals surface area contributed by atoms with Gasteiger partial charge in [0.15, 0.2) is 11.2 Å². The Morgan fingerprint density at radius 2 is 1.31 bits per heavy atom. The second kappa shape index (κ2) is 4.87. The van der Waals surface area contributed by atoms with Gasteiger partial charge >= 0.3 is 0 Å². The maximum Gasteiger partial charge on any atom is 0.202 e. The number of phenolic OH excluding ortho intramolecular Hbond substituents is 2. The van der Waals surface area contributed by atoms with Crippen molar-refractivity contribution in [1.29, 1.82) is 0 Å². The quantitative estimate of drug-likeness (QED) is 0.823. The molecule has 0 spiro atoms. The predicted octanol–water partition coefficient (Wildman–Crippen LogP) is 3.38. The molecule has 4 unspecified atom stereocenters. The van der Waals surface area contributed by atoms with E-state index in [1.165, 1.54) is 0 Å². The van der Waals surface area contributed by atoms with Crippen LogP contribution in [-0.2, 0) is 25.5 Å². The number of carbonyl (C=O) groups excluding carboxylic acids is 1. The summed E-state index contributed by atoms with van der Waals surface area (Å²) in [5.74, 6) is 0.170. The second-order valence-corrected chi connectivity index (χ2v) is 7.76. The van der Waals surface area contributed by atoms with Crippen LogP contribution >= 0.6 is 0 Å². The maximum absolute atomic E-state index is 13.4. The summed E-state index contributed by atoms with van der Waals surface area (Å²) in [6.45, 7) is 7.26. The summed E-state index contributed by atoms with van der Waals surface area (Å²) in [4.78, 5) is 13.4. The van der Waals surface area contributed by atoms with Crippen molar-refractivity contribution in [2.45, 2.75) is 50.1 Å². The molecule has 2 heterocycles. The second-order valence-electron chi connectivity index (χ2n) is 7.76. The van der Waals surface area contributed by atoms with Gasteiger partial charge in [0.2, 0.25) is 5.78 Å². The van der Waals surface area contributed by atoms with Crippen LogP contribution in [0.25, 0.3) is 0 Å². The van der Waals surface area contributed by atoms with Gasteiger partial charge in [-0.25, -0.2) is 0 Å². The van der Waals surface area contributed by atoms with Gasteiger partial charge in [-0.3, -0.25) is 4.79 Å². The van der Waals surface area contributed by atoms with Crippen molar-refractivity contribution in [3.8, 4) is 11.5 Å². The van der Waals surface area contributed by atoms with Crippen LogP contribution in [0.3, 0.4) is 0 Å². The molecule has 2 saturated heterocycles. The molecule has 2 aromatic rings. The molecule has 4 rings (SSSR count). The molecule has 2 aromatic carbocycles. The molecule has 0 amide bonds. The van der Waals surface area contributed by atoms with Gasteiger partial charge in [0.05, 0.1) is 0 Å². The number of rotatable bonds is 4. The number of aromatic hydroxyl groups is 2. The third-order valence-corrected chi connectivity index (χ3v) is 6.24. The molecule has 4 atom stereocenters. The van der Waals surface area contributed by atoms with Gasteiger partial charge in [-0.1, -0.05) is 24.3 Å². The smallest absolute Gasteiger partial charge is 0.202 e. The summed E-state index contributed by atoms with van der Waals surface area (Å²) >= 11 is 0. The molecule has 0 aliphatic carbocycles. The van der Waals surface area contributed by atoms with Gasteiger partial charge in [-0.05, 0) is 63.1 Å². The van der Waals surface area contributed by atoms with Crippen LogP contribution in [0.4, 0.5) is 0 Å². The van der Waals surface area contributed by atoms with Gasteiger partial charge in [0.25, 0.3) is 0 Å². The van der Waals surface area contributed by atoms with E-state index in [0.29, 0.717) is 0 Å². The molecule has 2 aliphatic heterocycles. The lowest BCUT2D eigenvalue weighted by molar-refractivity contribution is -0.128. The molecule has 5 heteroatoms. The third-order valence-electron chi connectivity index (χ3n) is 6.24. The van der Waals surface area contributed by atoms with E-state index in [2.05, 4.69) is 0 Å². The van der Waals surface area contributed by atoms with Crippen molar-refractivity contribution < 1.29 is 24.5 Å². The fraction of sp³-hybridized carbons (Fsp3) is 0.381. The molecule has 2 aliphatic rings. The summed E-state index contributed by atoms with van der Waals surface area (Å²) in [5.41, 5.74) is -2.06. The minimum atomic E-state index is -1.04. The lowest BCUT2D eigenvalue weighted by Crippen LogP contribution is -2.41. The Balaban J connectivity index is 1.64. The maximum atomic E-state index is 13.4. The number of hydrogen-bond acceptors (Lipinski definition) is 5. The van der Waals surface area contributed by atoms with Crippen LogP contribution < -0.4 is 0 Å². The fourth-order valence-corrected chi connectivity index (χ4v) is 4.00. The van der Waals surface area contributed by atoms with Crippen LogP contribution in [0.15, 0.2) is 48.5 Å². The molecule has 5 nitrogen and oxygen atoms in total. The normalized spacial score (nSPS) is 38.0. The van der Waals surface area contributed by atoms with Crippen LogP contribution in [0.2, 0.25) is 0 Å². The number of hydrogen-bond donors (Lipinski definition) is 2. The minimum Gasteiger partial charge on any atom is -0.508 e. The number of ketones is 1. The van der Waals surface area contributed by atoms with Crippen molar-refractivity contribution >= 4 is 5.78 Å². The third kappa shape index (κ3) is 2.01. The first-order chi connectivity index (χ1) is 12.1. The van der Waals surface area contributed by atoms with Gasteiger partial charge in [0.1, 0.15) is 22.7 Å². The summed E-state index contributed by atoms with van der Waals surface area (Å²) in [5, 5.41) is 19.2. The van der Waals surface area contributed by atoms with Crippen molar-refractivity contribution in [1.82, 2.24) is 0 Å². The zero-order valence-corrected chi connectivity index (χ0v) is 15.2. The van der Waals surface area contributed by atoms with E-state index in [1.807, 2.05) is 19.9 Å². The van der Waals surface area contributed by atoms with Crippen LogP contribution in [0.1, 0.15) is 38.8 Å². The number of phenols is 2. The Bertz CT molecular complexity index is 907. The summed E-state index contributed by atoms with van der Waals surface area (Å²) in [7, 11) is 0. The Kier molecular flexibility index (Phi) is 3.20. The molecule has 2 fully saturated rings. The van der Waals surface area contributed by atoms with E-state index in [4.69, 9.17) is 9.47 Å². The average molecular weight is 354 g/mol. The highest BCUT2D eigenvalue weighted by Crippen LogP contribution is 2.64. The highest BCUT2D eigenvalue weighted by atomic mass is 16.7. The average Bonchev–Trinajstić information content (AvgIpc) is 3.39. The van der Waals surface area contributed by atoms with E-state index in [1.54, 1.807) is 56.3 Å². The van der Waals surface area contributed by atoms with Crippen LogP contribution in [0, 0.1) is 0 Å². The van der Waals surface area contributed by atoms with Crippen molar-refractivity contribution in [2.24, 2.45) is 0 Å². The minimum absolute atomic E-state index is 0.133. The van der Waals surface area contributed by atoms with Crippen LogP contribution in [0.5, 0.6) is 11.5 Å². The Hall–Kier alpha value is -2.37. The SMILES string of the molecule is CC1(C(=O)C2(C)OC2(C)c2cccc(O)c2)OC1(C)c1ccc(O)cc1. The zero-order chi connectivity index (χ0) is 19.0. The standard InChI is InChI=1S/C21H22O5/c1-18(13-8-10-15(22)11-9-13)20(3,25-18)17(24)21(4)19(2,26-21)14-6-5-7-16(23)12-14/h5-12,22-23H,1-4H3. The number of epoxide rings is 2. The zero-order valence-electron chi connectivity index (χ0n) is 15.2. The fourth-order valence-electron chi connectivity index (χ4n) is 4.00. The number of Topliss-reactive ketones (excluding diaryl/α,β-unsaturated/α-hetero) is 1. The molecule has 0 saturated carbocycles. The largest absolute Gasteiger partial charge is 0.508 e. The molecule has 0 aromatic heterocycles. The molecule has 2 N–H and O–H groups in total. The first-order valence-electron chi connectivity index (χ1n) is 8.61.